The van der Waals surface area contributed by atoms with E-state index in [0.717, 1.165) is 21.4 Å². The fourth-order valence-corrected chi connectivity index (χ4v) is 1.66. The maximum Gasteiger partial charge on any atom is 0.0822 e. The second-order valence-corrected chi connectivity index (χ2v) is 3.66. The van der Waals surface area contributed by atoms with Gasteiger partial charge in [-0.3, -0.25) is 9.98 Å². The van der Waals surface area contributed by atoms with Crippen LogP contribution in [0.3, 0.4) is 0 Å². The number of nitriles is 1. The third-order valence-corrected chi connectivity index (χ3v) is 2.35. The zero-order valence-corrected chi connectivity index (χ0v) is 8.37. The molecule has 0 N–H and O–H groups in total. The van der Waals surface area contributed by atoms with Gasteiger partial charge in [-0.15, -0.1) is 0 Å². The van der Waals surface area contributed by atoms with E-state index >= 15 is 0 Å². The highest BCUT2D eigenvalue weighted by Gasteiger charge is 2.16. The van der Waals surface area contributed by atoms with Crippen LogP contribution < -0.4 is 0 Å². The molecule has 13 heavy (non-hydrogen) atoms. The second kappa shape index (κ2) is 3.27. The van der Waals surface area contributed by atoms with Crippen molar-refractivity contribution in [2.45, 2.75) is 13.0 Å². The molecule has 4 heteroatoms. The minimum Gasteiger partial charge on any atom is -0.282 e. The number of pyridine rings is 1. The predicted octanol–water partition coefficient (Wildman–Crippen LogP) is 2.06. The molecule has 0 atom stereocenters. The van der Waals surface area contributed by atoms with Gasteiger partial charge in [0.05, 0.1) is 30.4 Å². The van der Waals surface area contributed by atoms with Gasteiger partial charge in [-0.2, -0.15) is 5.26 Å². The Labute approximate surface area is 84.3 Å². The first-order chi connectivity index (χ1) is 6.31. The standard InChI is InChI=1S/C9H6BrN3/c10-6-3-7-8(1-2-11)13-5-9(7)12-4-6/h3-4H,1,5H2. The third-order valence-electron chi connectivity index (χ3n) is 1.91. The Bertz CT molecular complexity index is 417. The van der Waals surface area contributed by atoms with E-state index in [9.17, 15) is 0 Å². The Kier molecular flexibility index (Phi) is 2.11. The molecule has 0 unspecified atom stereocenters. The lowest BCUT2D eigenvalue weighted by Crippen LogP contribution is -1.98. The van der Waals surface area contributed by atoms with E-state index in [2.05, 4.69) is 32.0 Å². The smallest absolute Gasteiger partial charge is 0.0822 e. The lowest BCUT2D eigenvalue weighted by atomic mass is 10.1. The van der Waals surface area contributed by atoms with Crippen molar-refractivity contribution >= 4 is 21.6 Å². The highest BCUT2D eigenvalue weighted by molar-refractivity contribution is 9.10. The van der Waals surface area contributed by atoms with Gasteiger partial charge in [0.15, 0.2) is 0 Å². The molecular formula is C9H6BrN3. The summed E-state index contributed by atoms with van der Waals surface area (Å²) in [5.74, 6) is 0. The van der Waals surface area contributed by atoms with E-state index in [4.69, 9.17) is 5.26 Å². The summed E-state index contributed by atoms with van der Waals surface area (Å²) in [6.45, 7) is 0.611. The van der Waals surface area contributed by atoms with Gasteiger partial charge in [0.2, 0.25) is 0 Å². The molecule has 0 aliphatic carbocycles. The van der Waals surface area contributed by atoms with Crippen LogP contribution in [0.4, 0.5) is 0 Å². The van der Waals surface area contributed by atoms with Gasteiger partial charge in [-0.25, -0.2) is 0 Å². The molecule has 0 saturated carbocycles. The first kappa shape index (κ1) is 8.39. The molecule has 64 valence electrons. The molecule has 3 nitrogen and oxygen atoms in total. The summed E-state index contributed by atoms with van der Waals surface area (Å²) in [6, 6.07) is 4.06. The molecule has 1 aliphatic heterocycles. The number of halogens is 1. The van der Waals surface area contributed by atoms with Crippen LogP contribution in [0.15, 0.2) is 21.7 Å². The van der Waals surface area contributed by atoms with Crippen LogP contribution in [-0.4, -0.2) is 10.7 Å². The van der Waals surface area contributed by atoms with Gasteiger partial charge in [-0.05, 0) is 22.0 Å². The molecule has 2 rings (SSSR count). The van der Waals surface area contributed by atoms with E-state index in [0.29, 0.717) is 13.0 Å². The number of hydrogen-bond acceptors (Lipinski definition) is 3. The number of aromatic nitrogens is 1. The fraction of sp³-hybridized carbons (Fsp3) is 0.222. The predicted molar refractivity (Wildman–Crippen MR) is 52.4 cm³/mol. The quantitative estimate of drug-likeness (QED) is 0.749. The van der Waals surface area contributed by atoms with Gasteiger partial charge in [0.1, 0.15) is 0 Å². The van der Waals surface area contributed by atoms with E-state index in [1.165, 1.54) is 0 Å². The van der Waals surface area contributed by atoms with Crippen molar-refractivity contribution in [3.63, 3.8) is 0 Å². The summed E-state index contributed by atoms with van der Waals surface area (Å²) in [5.41, 5.74) is 2.83. The topological polar surface area (TPSA) is 49.0 Å². The molecule has 1 aliphatic rings. The summed E-state index contributed by atoms with van der Waals surface area (Å²) >= 11 is 3.34. The minimum absolute atomic E-state index is 0.366. The van der Waals surface area contributed by atoms with Crippen molar-refractivity contribution in [2.24, 2.45) is 4.99 Å². The van der Waals surface area contributed by atoms with Crippen LogP contribution in [-0.2, 0) is 6.54 Å². The highest BCUT2D eigenvalue weighted by atomic mass is 79.9. The van der Waals surface area contributed by atoms with Crippen molar-refractivity contribution in [2.75, 3.05) is 0 Å². The zero-order chi connectivity index (χ0) is 9.26. The average molecular weight is 236 g/mol. The van der Waals surface area contributed by atoms with E-state index in [-0.39, 0.29) is 0 Å². The van der Waals surface area contributed by atoms with Gasteiger partial charge in [0, 0.05) is 16.2 Å². The largest absolute Gasteiger partial charge is 0.282 e. The van der Waals surface area contributed by atoms with Crippen LogP contribution in [0.5, 0.6) is 0 Å². The number of hydrogen-bond donors (Lipinski definition) is 0. The van der Waals surface area contributed by atoms with E-state index in [1.807, 2.05) is 6.07 Å². The molecule has 1 aromatic rings. The SMILES string of the molecule is N#CCC1=NCc2ncc(Br)cc21. The molecular weight excluding hydrogens is 230 g/mol. The summed E-state index contributed by atoms with van der Waals surface area (Å²) in [4.78, 5) is 8.47. The number of rotatable bonds is 1. The fourth-order valence-electron chi connectivity index (χ4n) is 1.32. The average Bonchev–Trinajstić information content (AvgIpc) is 2.49. The molecule has 0 spiro atoms. The maximum absolute atomic E-state index is 8.56. The Balaban J connectivity index is 2.43. The molecule has 0 fully saturated rings. The maximum atomic E-state index is 8.56. The van der Waals surface area contributed by atoms with Crippen LogP contribution in [0.2, 0.25) is 0 Å². The Morgan fingerprint density at radius 3 is 3.23 bits per heavy atom. The van der Waals surface area contributed by atoms with Gasteiger partial charge in [0.25, 0.3) is 0 Å². The van der Waals surface area contributed by atoms with Gasteiger partial charge >= 0.3 is 0 Å². The normalized spacial score (nSPS) is 13.4. The monoisotopic (exact) mass is 235 g/mol. The molecule has 0 saturated heterocycles. The van der Waals surface area contributed by atoms with Crippen LogP contribution in [0.25, 0.3) is 0 Å². The van der Waals surface area contributed by atoms with E-state index < -0.39 is 0 Å². The van der Waals surface area contributed by atoms with Crippen molar-refractivity contribution in [1.82, 2.24) is 4.98 Å². The highest BCUT2D eigenvalue weighted by Crippen LogP contribution is 2.21. The summed E-state index contributed by atoms with van der Waals surface area (Å²) < 4.78 is 0.929. The molecule has 2 heterocycles. The number of aliphatic imine (C=N–C) groups is 1. The second-order valence-electron chi connectivity index (χ2n) is 2.75. The Morgan fingerprint density at radius 2 is 2.46 bits per heavy atom. The summed E-state index contributed by atoms with van der Waals surface area (Å²) in [6.07, 6.45) is 2.12. The lowest BCUT2D eigenvalue weighted by molar-refractivity contribution is 1.02. The third kappa shape index (κ3) is 1.47. The van der Waals surface area contributed by atoms with Gasteiger partial charge in [-0.1, -0.05) is 0 Å². The zero-order valence-electron chi connectivity index (χ0n) is 6.79. The van der Waals surface area contributed by atoms with Crippen molar-refractivity contribution in [3.05, 3.63) is 28.0 Å². The van der Waals surface area contributed by atoms with Crippen molar-refractivity contribution in [1.29, 1.82) is 5.26 Å². The molecule has 0 bridgehead atoms. The molecule has 0 amide bonds. The summed E-state index contributed by atoms with van der Waals surface area (Å²) in [5, 5.41) is 8.56. The van der Waals surface area contributed by atoms with E-state index in [1.54, 1.807) is 6.20 Å². The molecule has 0 aromatic carbocycles. The lowest BCUT2D eigenvalue weighted by Gasteiger charge is -1.98. The minimum atomic E-state index is 0.366. The number of nitrogens with zero attached hydrogens (tertiary/aromatic N) is 3. The Morgan fingerprint density at radius 1 is 1.62 bits per heavy atom. The first-order valence-electron chi connectivity index (χ1n) is 3.86. The van der Waals surface area contributed by atoms with Crippen molar-refractivity contribution in [3.8, 4) is 6.07 Å². The molecule has 0 radical (unpaired) electrons. The van der Waals surface area contributed by atoms with Crippen LogP contribution in [0.1, 0.15) is 17.7 Å². The Hall–Kier alpha value is -1.21. The molecule has 1 aromatic heterocycles. The number of fused-ring (bicyclic) bond motifs is 1. The summed E-state index contributed by atoms with van der Waals surface area (Å²) in [7, 11) is 0. The van der Waals surface area contributed by atoms with Crippen LogP contribution >= 0.6 is 15.9 Å². The van der Waals surface area contributed by atoms with Crippen LogP contribution in [0, 0.1) is 11.3 Å². The first-order valence-corrected chi connectivity index (χ1v) is 4.65. The van der Waals surface area contributed by atoms with Gasteiger partial charge < -0.3 is 0 Å². The van der Waals surface area contributed by atoms with Crippen molar-refractivity contribution < 1.29 is 0 Å².